The Morgan fingerprint density at radius 1 is 0.611 bits per heavy atom. The van der Waals surface area contributed by atoms with Crippen LogP contribution in [0.25, 0.3) is 0 Å². The number of hydrogen-bond donors (Lipinski definition) is 0. The molecule has 0 atom stereocenters. The number of carbonyl (C=O) groups is 2. The van der Waals surface area contributed by atoms with Gasteiger partial charge in [0.05, 0.1) is 11.4 Å². The van der Waals surface area contributed by atoms with Crippen LogP contribution in [0.4, 0.5) is 11.4 Å². The fourth-order valence-electron chi connectivity index (χ4n) is 4.99. The van der Waals surface area contributed by atoms with Crippen LogP contribution in [0.3, 0.4) is 0 Å². The first kappa shape index (κ1) is 27.4. The maximum Gasteiger partial charge on any atom is 0.248 e. The summed E-state index contributed by atoms with van der Waals surface area (Å²) >= 11 is 0. The Labute approximate surface area is 216 Å². The molecule has 2 amide bonds. The number of nitrogens with zero attached hydrogens (tertiary/aromatic N) is 2. The summed E-state index contributed by atoms with van der Waals surface area (Å²) in [6.45, 7) is 19.9. The summed E-state index contributed by atoms with van der Waals surface area (Å²) in [5.41, 5.74) is 3.80. The van der Waals surface area contributed by atoms with Crippen molar-refractivity contribution < 1.29 is 14.4 Å². The van der Waals surface area contributed by atoms with Gasteiger partial charge in [-0.15, -0.1) is 0 Å². The third kappa shape index (κ3) is 4.41. The molecule has 5 heteroatoms. The van der Waals surface area contributed by atoms with Crippen molar-refractivity contribution >= 4 is 29.1 Å². The normalized spacial score (nSPS) is 16.1. The number of anilines is 2. The van der Waals surface area contributed by atoms with Crippen LogP contribution in [0.2, 0.25) is 0 Å². The van der Waals surface area contributed by atoms with E-state index in [2.05, 4.69) is 55.4 Å². The Morgan fingerprint density at radius 2 is 0.889 bits per heavy atom. The molecule has 0 aromatic heterocycles. The van der Waals surface area contributed by atoms with Crippen molar-refractivity contribution in [2.45, 2.75) is 92.9 Å². The van der Waals surface area contributed by atoms with E-state index in [0.717, 1.165) is 22.3 Å². The first-order valence-corrected chi connectivity index (χ1v) is 13.0. The van der Waals surface area contributed by atoms with Crippen LogP contribution in [0.1, 0.15) is 115 Å². The number of rotatable bonds is 6. The zero-order valence-corrected chi connectivity index (χ0v) is 23.4. The smallest absolute Gasteiger partial charge is 0.248 e. The highest BCUT2D eigenvalue weighted by molar-refractivity contribution is 6.24. The second-order valence-electron chi connectivity index (χ2n) is 11.5. The number of para-hydroxylation sites is 2. The van der Waals surface area contributed by atoms with Crippen molar-refractivity contribution in [3.63, 3.8) is 0 Å². The largest absolute Gasteiger partial charge is 0.273 e. The molecule has 1 fully saturated rings. The minimum Gasteiger partial charge on any atom is -0.273 e. The van der Waals surface area contributed by atoms with Crippen LogP contribution in [0.5, 0.6) is 0 Å². The molecule has 0 bridgehead atoms. The van der Waals surface area contributed by atoms with Crippen molar-refractivity contribution in [3.05, 3.63) is 64.5 Å². The van der Waals surface area contributed by atoms with Gasteiger partial charge in [-0.05, 0) is 59.8 Å². The quantitative estimate of drug-likeness (QED) is 0.318. The van der Waals surface area contributed by atoms with E-state index in [1.807, 2.05) is 42.3 Å². The van der Waals surface area contributed by atoms with Crippen LogP contribution < -0.4 is 9.80 Å². The highest BCUT2D eigenvalue weighted by atomic mass is 16.2. The van der Waals surface area contributed by atoms with E-state index in [-0.39, 0.29) is 29.5 Å². The molecule has 1 heterocycles. The maximum atomic E-state index is 14.1. The average Bonchev–Trinajstić information content (AvgIpc) is 2.81. The van der Waals surface area contributed by atoms with Crippen LogP contribution >= 0.6 is 0 Å². The SMILES string of the molecule is CC(C)c1cccc(C(C)C)c1N1C(=O)C(C)(C)C(=O)N(c2c(C(C)C)cccc2C(C)C)C1=C=O. The summed E-state index contributed by atoms with van der Waals surface area (Å²) in [5.74, 6) is 1.56. The molecule has 192 valence electrons. The van der Waals surface area contributed by atoms with Crippen molar-refractivity contribution in [1.29, 1.82) is 0 Å². The van der Waals surface area contributed by atoms with Crippen molar-refractivity contribution in [3.8, 4) is 0 Å². The van der Waals surface area contributed by atoms with Gasteiger partial charge in [-0.1, -0.05) is 91.8 Å². The standard InChI is InChI=1S/C31H40N2O3/c1-18(2)22-13-11-14-23(19(3)4)27(22)32-26(17-34)33(30(36)31(9,10)29(32)35)28-24(20(5)6)15-12-16-25(28)21(7)8/h11-16,18-21H,1-10H3. The van der Waals surface area contributed by atoms with Crippen molar-refractivity contribution in [2.75, 3.05) is 9.80 Å². The van der Waals surface area contributed by atoms with Gasteiger partial charge in [0.25, 0.3) is 0 Å². The molecule has 3 rings (SSSR count). The number of benzene rings is 2. The van der Waals surface area contributed by atoms with E-state index in [0.29, 0.717) is 11.4 Å². The molecule has 1 aliphatic heterocycles. The van der Waals surface area contributed by atoms with Crippen LogP contribution in [-0.4, -0.2) is 17.8 Å². The van der Waals surface area contributed by atoms with Crippen molar-refractivity contribution in [1.82, 2.24) is 0 Å². The molecule has 2 aromatic rings. The Morgan fingerprint density at radius 3 is 1.11 bits per heavy atom. The van der Waals surface area contributed by atoms with E-state index in [1.54, 1.807) is 13.8 Å². The van der Waals surface area contributed by atoms with Crippen molar-refractivity contribution in [2.24, 2.45) is 5.41 Å². The number of hydrogen-bond acceptors (Lipinski definition) is 3. The zero-order valence-electron chi connectivity index (χ0n) is 23.4. The molecule has 0 unspecified atom stereocenters. The van der Waals surface area contributed by atoms with Crippen LogP contribution in [0.15, 0.2) is 42.2 Å². The molecule has 1 saturated heterocycles. The van der Waals surface area contributed by atoms with Gasteiger partial charge in [0.1, 0.15) is 5.41 Å². The summed E-state index contributed by atoms with van der Waals surface area (Å²) in [5, 5.41) is 0. The zero-order chi connectivity index (χ0) is 27.1. The molecule has 0 radical (unpaired) electrons. The molecular formula is C31H40N2O3. The number of amides is 2. The summed E-state index contributed by atoms with van der Waals surface area (Å²) in [6, 6.07) is 12.0. The van der Waals surface area contributed by atoms with Gasteiger partial charge in [-0.3, -0.25) is 19.4 Å². The molecule has 5 nitrogen and oxygen atoms in total. The molecule has 0 saturated carbocycles. The monoisotopic (exact) mass is 488 g/mol. The average molecular weight is 489 g/mol. The molecule has 1 aliphatic rings. The first-order valence-electron chi connectivity index (χ1n) is 13.0. The van der Waals surface area contributed by atoms with E-state index in [1.165, 1.54) is 9.80 Å². The molecule has 36 heavy (non-hydrogen) atoms. The predicted octanol–water partition coefficient (Wildman–Crippen LogP) is 7.26. The topological polar surface area (TPSA) is 57.7 Å². The highest BCUT2D eigenvalue weighted by Gasteiger charge is 2.53. The fraction of sp³-hybridized carbons (Fsp3) is 0.484. The minimum absolute atomic E-state index is 0.0608. The van der Waals surface area contributed by atoms with E-state index >= 15 is 0 Å². The predicted molar refractivity (Wildman–Crippen MR) is 147 cm³/mol. The molecular weight excluding hydrogens is 448 g/mol. The van der Waals surface area contributed by atoms with E-state index < -0.39 is 17.2 Å². The third-order valence-corrected chi connectivity index (χ3v) is 7.12. The van der Waals surface area contributed by atoms with Gasteiger partial charge in [-0.25, -0.2) is 4.79 Å². The van der Waals surface area contributed by atoms with Crippen LogP contribution in [0, 0.1) is 5.41 Å². The van der Waals surface area contributed by atoms with E-state index in [4.69, 9.17) is 0 Å². The Kier molecular flexibility index (Phi) is 7.66. The summed E-state index contributed by atoms with van der Waals surface area (Å²) in [6.07, 6.45) is 0. The Balaban J connectivity index is 2.47. The molecule has 0 N–H and O–H groups in total. The van der Waals surface area contributed by atoms with Gasteiger partial charge in [0.15, 0.2) is 5.94 Å². The van der Waals surface area contributed by atoms with Gasteiger partial charge < -0.3 is 0 Å². The van der Waals surface area contributed by atoms with E-state index in [9.17, 15) is 14.4 Å². The highest BCUT2D eigenvalue weighted by Crippen LogP contribution is 2.46. The Bertz CT molecular complexity index is 1090. The molecule has 2 aromatic carbocycles. The van der Waals surface area contributed by atoms with Gasteiger partial charge in [-0.2, -0.15) is 0 Å². The second kappa shape index (κ2) is 10.1. The van der Waals surface area contributed by atoms with Gasteiger partial charge in [0.2, 0.25) is 17.6 Å². The lowest BCUT2D eigenvalue weighted by atomic mass is 9.83. The molecule has 0 spiro atoms. The minimum atomic E-state index is -1.38. The van der Waals surface area contributed by atoms with Gasteiger partial charge >= 0.3 is 0 Å². The van der Waals surface area contributed by atoms with Crippen LogP contribution in [-0.2, 0) is 14.4 Å². The fourth-order valence-corrected chi connectivity index (χ4v) is 4.99. The lowest BCUT2D eigenvalue weighted by Crippen LogP contribution is -2.60. The number of carbonyl (C=O) groups excluding carboxylic acids is 3. The summed E-state index contributed by atoms with van der Waals surface area (Å²) in [7, 11) is 0. The molecule has 0 aliphatic carbocycles. The maximum absolute atomic E-state index is 14.1. The summed E-state index contributed by atoms with van der Waals surface area (Å²) in [4.78, 5) is 43.9. The van der Waals surface area contributed by atoms with Gasteiger partial charge in [0, 0.05) is 0 Å². The Hall–Kier alpha value is -3.17. The third-order valence-electron chi connectivity index (χ3n) is 7.12. The second-order valence-corrected chi connectivity index (χ2v) is 11.5. The lowest BCUT2D eigenvalue weighted by Gasteiger charge is -2.45. The lowest BCUT2D eigenvalue weighted by molar-refractivity contribution is -0.139. The summed E-state index contributed by atoms with van der Waals surface area (Å²) < 4.78 is 0. The first-order chi connectivity index (χ1) is 16.8.